The molecule has 1 saturated carbocycles. The molecular weight excluding hydrogens is 326 g/mol. The molecule has 5 heteroatoms. The highest BCUT2D eigenvalue weighted by Gasteiger charge is 2.35. The van der Waals surface area contributed by atoms with Gasteiger partial charge in [-0.25, -0.2) is 0 Å². The fraction of sp³-hybridized carbons (Fsp3) is 0.619. The molecule has 140 valence electrons. The molecule has 4 rings (SSSR count). The van der Waals surface area contributed by atoms with E-state index in [9.17, 15) is 9.59 Å². The summed E-state index contributed by atoms with van der Waals surface area (Å²) in [4.78, 5) is 31.2. The van der Waals surface area contributed by atoms with Gasteiger partial charge in [0.15, 0.2) is 0 Å². The quantitative estimate of drug-likeness (QED) is 0.832. The smallest absolute Gasteiger partial charge is 0.236 e. The summed E-state index contributed by atoms with van der Waals surface area (Å²) in [6.45, 7) is 6.36. The first-order valence-electron chi connectivity index (χ1n) is 9.99. The minimum Gasteiger partial charge on any atom is -0.339 e. The summed E-state index contributed by atoms with van der Waals surface area (Å²) in [7, 11) is 0. The van der Waals surface area contributed by atoms with Crippen LogP contribution in [0.5, 0.6) is 0 Å². The summed E-state index contributed by atoms with van der Waals surface area (Å²) in [5.41, 5.74) is 2.60. The third kappa shape index (κ3) is 3.78. The number of nitrogens with zero attached hydrogens (tertiary/aromatic N) is 3. The van der Waals surface area contributed by atoms with E-state index in [-0.39, 0.29) is 11.8 Å². The first-order chi connectivity index (χ1) is 12.6. The summed E-state index contributed by atoms with van der Waals surface area (Å²) in [5, 5.41) is 0. The molecule has 1 aromatic carbocycles. The maximum Gasteiger partial charge on any atom is 0.236 e. The van der Waals surface area contributed by atoms with Crippen molar-refractivity contribution in [1.82, 2.24) is 14.7 Å². The average molecular weight is 355 g/mol. The van der Waals surface area contributed by atoms with Crippen molar-refractivity contribution in [3.8, 4) is 0 Å². The van der Waals surface area contributed by atoms with Crippen LogP contribution in [-0.2, 0) is 9.59 Å². The Balaban J connectivity index is 1.32. The molecule has 0 N–H and O–H groups in total. The van der Waals surface area contributed by atoms with E-state index in [4.69, 9.17) is 0 Å². The fourth-order valence-corrected chi connectivity index (χ4v) is 4.31. The molecule has 1 aliphatic carbocycles. The molecule has 1 atom stereocenters. The number of carbonyl (C=O) groups is 2. The lowest BCUT2D eigenvalue weighted by Crippen LogP contribution is -2.52. The van der Waals surface area contributed by atoms with Gasteiger partial charge in [0.25, 0.3) is 0 Å². The van der Waals surface area contributed by atoms with Crippen LogP contribution in [0.1, 0.15) is 42.9 Å². The van der Waals surface area contributed by atoms with E-state index in [0.717, 1.165) is 32.2 Å². The molecule has 0 aromatic heterocycles. The lowest BCUT2D eigenvalue weighted by atomic mass is 10.0. The third-order valence-electron chi connectivity index (χ3n) is 6.00. The van der Waals surface area contributed by atoms with Crippen LogP contribution in [0.25, 0.3) is 0 Å². The van der Waals surface area contributed by atoms with Crippen molar-refractivity contribution in [2.24, 2.45) is 5.92 Å². The SMILES string of the molecule is Cc1cccc(C2CCCN2CC(=O)N2CCN(C(=O)C3CC3)CC2)c1. The molecule has 2 amide bonds. The summed E-state index contributed by atoms with van der Waals surface area (Å²) < 4.78 is 0. The minimum absolute atomic E-state index is 0.211. The molecule has 3 aliphatic rings. The predicted molar refractivity (Wildman–Crippen MR) is 101 cm³/mol. The van der Waals surface area contributed by atoms with Gasteiger partial charge in [0.1, 0.15) is 0 Å². The molecule has 0 spiro atoms. The van der Waals surface area contributed by atoms with E-state index in [0.29, 0.717) is 44.7 Å². The molecule has 1 aromatic rings. The topological polar surface area (TPSA) is 43.9 Å². The van der Waals surface area contributed by atoms with E-state index in [1.165, 1.54) is 11.1 Å². The van der Waals surface area contributed by atoms with Crippen LogP contribution in [0, 0.1) is 12.8 Å². The maximum absolute atomic E-state index is 12.8. The van der Waals surface area contributed by atoms with Gasteiger partial charge in [0, 0.05) is 38.1 Å². The normalized spacial score (nSPS) is 24.1. The molecule has 1 unspecified atom stereocenters. The summed E-state index contributed by atoms with van der Waals surface area (Å²) in [6.07, 6.45) is 4.37. The van der Waals surface area contributed by atoms with Crippen molar-refractivity contribution in [2.75, 3.05) is 39.3 Å². The molecule has 0 bridgehead atoms. The maximum atomic E-state index is 12.8. The Bertz CT molecular complexity index is 678. The fourth-order valence-electron chi connectivity index (χ4n) is 4.31. The number of benzene rings is 1. The highest BCUT2D eigenvalue weighted by Crippen LogP contribution is 2.33. The van der Waals surface area contributed by atoms with Crippen LogP contribution >= 0.6 is 0 Å². The van der Waals surface area contributed by atoms with Crippen molar-refractivity contribution >= 4 is 11.8 Å². The predicted octanol–water partition coefficient (Wildman–Crippen LogP) is 2.21. The highest BCUT2D eigenvalue weighted by molar-refractivity contribution is 5.82. The zero-order chi connectivity index (χ0) is 18.1. The van der Waals surface area contributed by atoms with Crippen LogP contribution in [0.4, 0.5) is 0 Å². The number of amides is 2. The number of piperazine rings is 1. The zero-order valence-electron chi connectivity index (χ0n) is 15.7. The second-order valence-corrected chi connectivity index (χ2v) is 8.02. The highest BCUT2D eigenvalue weighted by atomic mass is 16.2. The summed E-state index contributed by atoms with van der Waals surface area (Å²) in [6, 6.07) is 9.02. The Morgan fingerprint density at radius 1 is 1.00 bits per heavy atom. The molecule has 5 nitrogen and oxygen atoms in total. The van der Waals surface area contributed by atoms with E-state index in [1.807, 2.05) is 9.80 Å². The lowest BCUT2D eigenvalue weighted by Gasteiger charge is -2.36. The van der Waals surface area contributed by atoms with Gasteiger partial charge in [-0.1, -0.05) is 29.8 Å². The van der Waals surface area contributed by atoms with Gasteiger partial charge in [0.2, 0.25) is 11.8 Å². The van der Waals surface area contributed by atoms with Crippen molar-refractivity contribution in [3.05, 3.63) is 35.4 Å². The van der Waals surface area contributed by atoms with Gasteiger partial charge in [-0.3, -0.25) is 14.5 Å². The van der Waals surface area contributed by atoms with E-state index < -0.39 is 0 Å². The van der Waals surface area contributed by atoms with Crippen LogP contribution < -0.4 is 0 Å². The van der Waals surface area contributed by atoms with Crippen molar-refractivity contribution in [3.63, 3.8) is 0 Å². The van der Waals surface area contributed by atoms with E-state index in [1.54, 1.807) is 0 Å². The zero-order valence-corrected chi connectivity index (χ0v) is 15.7. The molecule has 2 saturated heterocycles. The minimum atomic E-state index is 0.211. The first-order valence-corrected chi connectivity index (χ1v) is 9.99. The molecule has 3 fully saturated rings. The Kier molecular flexibility index (Phi) is 4.98. The number of hydrogen-bond acceptors (Lipinski definition) is 3. The first kappa shape index (κ1) is 17.5. The Morgan fingerprint density at radius 3 is 2.42 bits per heavy atom. The Labute approximate surface area is 155 Å². The molecular formula is C21H29N3O2. The van der Waals surface area contributed by atoms with Crippen molar-refractivity contribution in [2.45, 2.75) is 38.6 Å². The largest absolute Gasteiger partial charge is 0.339 e. The average Bonchev–Trinajstić information content (AvgIpc) is 3.40. The molecule has 2 heterocycles. The number of rotatable bonds is 4. The molecule has 26 heavy (non-hydrogen) atoms. The van der Waals surface area contributed by atoms with Gasteiger partial charge >= 0.3 is 0 Å². The number of carbonyl (C=O) groups excluding carboxylic acids is 2. The van der Waals surface area contributed by atoms with Crippen LogP contribution in [0.15, 0.2) is 24.3 Å². The molecule has 0 radical (unpaired) electrons. The lowest BCUT2D eigenvalue weighted by molar-refractivity contribution is -0.141. The second kappa shape index (κ2) is 7.39. The Morgan fingerprint density at radius 2 is 1.73 bits per heavy atom. The van der Waals surface area contributed by atoms with E-state index in [2.05, 4.69) is 36.1 Å². The van der Waals surface area contributed by atoms with Crippen molar-refractivity contribution < 1.29 is 9.59 Å². The second-order valence-electron chi connectivity index (χ2n) is 8.02. The van der Waals surface area contributed by atoms with Crippen LogP contribution in [0.2, 0.25) is 0 Å². The van der Waals surface area contributed by atoms with Gasteiger partial charge in [-0.05, 0) is 44.7 Å². The van der Waals surface area contributed by atoms with Crippen molar-refractivity contribution in [1.29, 1.82) is 0 Å². The van der Waals surface area contributed by atoms with Crippen LogP contribution in [0.3, 0.4) is 0 Å². The number of hydrogen-bond donors (Lipinski definition) is 0. The van der Waals surface area contributed by atoms with Gasteiger partial charge < -0.3 is 9.80 Å². The summed E-state index contributed by atoms with van der Waals surface area (Å²) in [5.74, 6) is 0.788. The van der Waals surface area contributed by atoms with Crippen LogP contribution in [-0.4, -0.2) is 65.8 Å². The van der Waals surface area contributed by atoms with Gasteiger partial charge in [0.05, 0.1) is 6.54 Å². The third-order valence-corrected chi connectivity index (χ3v) is 6.00. The summed E-state index contributed by atoms with van der Waals surface area (Å²) >= 11 is 0. The van der Waals surface area contributed by atoms with Gasteiger partial charge in [-0.2, -0.15) is 0 Å². The number of likely N-dealkylation sites (tertiary alicyclic amines) is 1. The standard InChI is InChI=1S/C21H29N3O2/c1-16-4-2-5-18(14-16)19-6-3-9-24(19)15-20(25)22-10-12-23(13-11-22)21(26)17-7-8-17/h2,4-5,14,17,19H,3,6-13,15H2,1H3. The van der Waals surface area contributed by atoms with Gasteiger partial charge in [-0.15, -0.1) is 0 Å². The van der Waals surface area contributed by atoms with E-state index >= 15 is 0 Å². The monoisotopic (exact) mass is 355 g/mol. The Hall–Kier alpha value is -1.88. The number of aryl methyl sites for hydroxylation is 1. The molecule has 2 aliphatic heterocycles.